The van der Waals surface area contributed by atoms with E-state index < -0.39 is 28.0 Å². The highest BCUT2D eigenvalue weighted by atomic mass is 32.2. The molecule has 0 fully saturated rings. The summed E-state index contributed by atoms with van der Waals surface area (Å²) in [5.74, 6) is -0.536. The first kappa shape index (κ1) is 29.2. The van der Waals surface area contributed by atoms with Crippen LogP contribution in [-0.2, 0) is 33.3 Å². The predicted molar refractivity (Wildman–Crippen MR) is 136 cm³/mol. The Hall–Kier alpha value is -1.81. The third-order valence-electron chi connectivity index (χ3n) is 4.84. The van der Waals surface area contributed by atoms with Crippen molar-refractivity contribution in [2.45, 2.75) is 76.2 Å². The molecule has 1 amide bonds. The Balaban J connectivity index is 0.00000544. The van der Waals surface area contributed by atoms with Gasteiger partial charge in [-0.3, -0.25) is 4.79 Å². The molecule has 4 N–H and O–H groups in total. The van der Waals surface area contributed by atoms with E-state index in [9.17, 15) is 19.2 Å². The van der Waals surface area contributed by atoms with Crippen LogP contribution < -0.4 is 5.14 Å². The molecule has 1 heterocycles. The molecule has 8 nitrogen and oxygen atoms in total. The number of benzene rings is 1. The zero-order valence-corrected chi connectivity index (χ0v) is 22.3. The quantitative estimate of drug-likeness (QED) is 0.478. The van der Waals surface area contributed by atoms with Crippen LogP contribution in [0.4, 0.5) is 5.69 Å². The maximum Gasteiger partial charge on any atom is 0.259 e. The normalized spacial score (nSPS) is 13.4. The Morgan fingerprint density at radius 2 is 1.79 bits per heavy atom. The van der Waals surface area contributed by atoms with Gasteiger partial charge in [0.25, 0.3) is 5.91 Å². The smallest absolute Gasteiger partial charge is 0.259 e. The highest BCUT2D eigenvalue weighted by Crippen LogP contribution is 2.34. The van der Waals surface area contributed by atoms with Gasteiger partial charge in [-0.2, -0.15) is 13.5 Å². The number of thiazole rings is 1. The molecule has 0 spiro atoms. The van der Waals surface area contributed by atoms with Gasteiger partial charge in [-0.05, 0) is 31.2 Å². The van der Waals surface area contributed by atoms with E-state index >= 15 is 0 Å². The van der Waals surface area contributed by atoms with Crippen molar-refractivity contribution in [3.05, 3.63) is 50.9 Å². The molecule has 0 aliphatic heterocycles. The van der Waals surface area contributed by atoms with E-state index in [0.717, 1.165) is 28.0 Å². The molecule has 0 aliphatic rings. The van der Waals surface area contributed by atoms with Crippen LogP contribution in [0.15, 0.2) is 20.7 Å². The highest BCUT2D eigenvalue weighted by molar-refractivity contribution is 7.93. The van der Waals surface area contributed by atoms with E-state index in [0.29, 0.717) is 5.69 Å². The maximum atomic E-state index is 13.2. The molecule has 1 unspecified atom stereocenters. The summed E-state index contributed by atoms with van der Waals surface area (Å²) >= 11 is 0.867. The minimum Gasteiger partial charge on any atom is -0.390 e. The Morgan fingerprint density at radius 1 is 1.27 bits per heavy atom. The molecule has 11 heteroatoms. The molecule has 1 aromatic carbocycles. The number of aliphatic hydroxyl groups is 2. The van der Waals surface area contributed by atoms with E-state index in [1.54, 1.807) is 12.1 Å². The first-order valence-electron chi connectivity index (χ1n) is 10.2. The van der Waals surface area contributed by atoms with Crippen LogP contribution in [-0.4, -0.2) is 25.3 Å². The van der Waals surface area contributed by atoms with Crippen molar-refractivity contribution < 1.29 is 19.2 Å². The lowest BCUT2D eigenvalue weighted by molar-refractivity contribution is -0.117. The van der Waals surface area contributed by atoms with E-state index in [4.69, 9.17) is 11.7 Å². The van der Waals surface area contributed by atoms with Crippen LogP contribution in [0, 0.1) is 6.57 Å². The lowest BCUT2D eigenvalue weighted by Gasteiger charge is -2.20. The summed E-state index contributed by atoms with van der Waals surface area (Å²) < 4.78 is 17.0. The zero-order valence-electron chi connectivity index (χ0n) is 19.7. The second-order valence-electron chi connectivity index (χ2n) is 8.72. The van der Waals surface area contributed by atoms with Crippen molar-refractivity contribution in [3.8, 4) is 0 Å². The average Bonchev–Trinajstić information content (AvgIpc) is 3.13. The summed E-state index contributed by atoms with van der Waals surface area (Å²) in [5, 5.41) is 26.0. The molecule has 2 rings (SSSR count). The Kier molecular flexibility index (Phi) is 9.81. The van der Waals surface area contributed by atoms with Gasteiger partial charge in [-0.15, -0.1) is 15.7 Å². The number of nitrogens with two attached hydrogens (primary N) is 1. The fourth-order valence-corrected chi connectivity index (χ4v) is 5.84. The van der Waals surface area contributed by atoms with Crippen LogP contribution >= 0.6 is 24.8 Å². The Morgan fingerprint density at radius 3 is 2.18 bits per heavy atom. The first-order valence-corrected chi connectivity index (χ1v) is 12.6. The number of hydrogen-bond donors (Lipinski definition) is 3. The second kappa shape index (κ2) is 11.1. The number of aliphatic hydroxyl groups excluding tert-OH is 1. The largest absolute Gasteiger partial charge is 0.390 e. The number of nitrogens with zero attached hydrogens (tertiary/aromatic N) is 3. The summed E-state index contributed by atoms with van der Waals surface area (Å²) in [4.78, 5) is 20.5. The van der Waals surface area contributed by atoms with Crippen molar-refractivity contribution in [2.75, 3.05) is 0 Å². The van der Waals surface area contributed by atoms with Gasteiger partial charge < -0.3 is 10.2 Å². The van der Waals surface area contributed by atoms with Crippen molar-refractivity contribution in [2.24, 2.45) is 9.50 Å². The van der Waals surface area contributed by atoms with Crippen LogP contribution in [0.25, 0.3) is 4.85 Å². The third kappa shape index (κ3) is 6.85. The van der Waals surface area contributed by atoms with Crippen molar-refractivity contribution >= 4 is 46.3 Å². The number of amides is 1. The Bertz CT molecular complexity index is 1150. The summed E-state index contributed by atoms with van der Waals surface area (Å²) in [6.07, 6.45) is -0.112. The van der Waals surface area contributed by atoms with E-state index in [-0.39, 0.29) is 46.7 Å². The number of hydrogen-bond acceptors (Lipinski definition) is 6. The van der Waals surface area contributed by atoms with Crippen LogP contribution in [0.3, 0.4) is 0 Å². The van der Waals surface area contributed by atoms with Gasteiger partial charge in [0.05, 0.1) is 25.3 Å². The van der Waals surface area contributed by atoms with E-state index in [1.165, 1.54) is 13.8 Å². The topological polar surface area (TPSA) is 130 Å². The molecule has 1 atom stereocenters. The maximum absolute atomic E-state index is 13.2. The highest BCUT2D eigenvalue weighted by Gasteiger charge is 2.27. The average molecular weight is 513 g/mol. The van der Waals surface area contributed by atoms with Crippen LogP contribution in [0.2, 0.25) is 0 Å². The SMILES string of the molecule is S.[C-]#[N+]c1cc(C(C)C)c(CC(=O)N=S(N)(=O)c2sc(C(C)(C)O)nc2CO)c(C(C)C)c1. The third-order valence-corrected chi connectivity index (χ3v) is 8.26. The lowest BCUT2D eigenvalue weighted by Crippen LogP contribution is -2.17. The Labute approximate surface area is 206 Å². The molecular formula is C22H32N4O4S3. The standard InChI is InChI=1S/C22H30N4O4S2.H2S/c1-12(2)15-8-14(24-7)9-16(13(3)4)17(15)10-19(28)26-32(23,30)20-18(11-27)25-21(31-20)22(5,6)29;/h8-9,12-13,27,29H,10-11H2,1-6H3,(H2,23,26,28,30);1H2. The van der Waals surface area contributed by atoms with Crippen LogP contribution in [0.5, 0.6) is 0 Å². The number of rotatable bonds is 7. The molecule has 0 aliphatic carbocycles. The van der Waals surface area contributed by atoms with Crippen LogP contribution in [0.1, 0.15) is 80.8 Å². The summed E-state index contributed by atoms with van der Waals surface area (Å²) in [7, 11) is -3.68. The van der Waals surface area contributed by atoms with Gasteiger partial charge in [0.1, 0.15) is 14.8 Å². The molecular weight excluding hydrogens is 480 g/mol. The van der Waals surface area contributed by atoms with E-state index in [1.807, 2.05) is 27.7 Å². The van der Waals surface area contributed by atoms with Gasteiger partial charge >= 0.3 is 0 Å². The second-order valence-corrected chi connectivity index (χ2v) is 11.7. The molecule has 0 saturated heterocycles. The molecule has 0 radical (unpaired) electrons. The van der Waals surface area contributed by atoms with Crippen molar-refractivity contribution in [1.29, 1.82) is 0 Å². The molecule has 0 bridgehead atoms. The fourth-order valence-electron chi connectivity index (χ4n) is 3.30. The van der Waals surface area contributed by atoms with Gasteiger partial charge in [0, 0.05) is 0 Å². The minimum atomic E-state index is -3.68. The molecule has 182 valence electrons. The first-order chi connectivity index (χ1) is 14.7. The molecule has 1 aromatic heterocycles. The number of carbonyl (C=O) groups excluding carboxylic acids is 1. The van der Waals surface area contributed by atoms with E-state index in [2.05, 4.69) is 14.2 Å². The lowest BCUT2D eigenvalue weighted by atomic mass is 9.86. The summed E-state index contributed by atoms with van der Waals surface area (Å²) in [5.41, 5.74) is 1.71. The number of aromatic nitrogens is 1. The van der Waals surface area contributed by atoms with Gasteiger partial charge in [-0.25, -0.2) is 19.2 Å². The van der Waals surface area contributed by atoms with Gasteiger partial charge in [-0.1, -0.05) is 51.0 Å². The van der Waals surface area contributed by atoms with Gasteiger partial charge in [0.15, 0.2) is 15.6 Å². The molecule has 33 heavy (non-hydrogen) atoms. The molecule has 2 aromatic rings. The van der Waals surface area contributed by atoms with Gasteiger partial charge in [0.2, 0.25) is 0 Å². The monoisotopic (exact) mass is 512 g/mol. The number of carbonyl (C=O) groups is 1. The van der Waals surface area contributed by atoms with Crippen molar-refractivity contribution in [3.63, 3.8) is 0 Å². The minimum absolute atomic E-state index is 0. The molecule has 0 saturated carbocycles. The predicted octanol–water partition coefficient (Wildman–Crippen LogP) is 4.24. The zero-order chi connectivity index (χ0) is 24.4. The van der Waals surface area contributed by atoms with Crippen molar-refractivity contribution in [1.82, 2.24) is 4.98 Å². The fraction of sp³-hybridized carbons (Fsp3) is 0.500. The summed E-state index contributed by atoms with van der Waals surface area (Å²) in [6, 6.07) is 3.54. The summed E-state index contributed by atoms with van der Waals surface area (Å²) in [6.45, 7) is 17.8.